The summed E-state index contributed by atoms with van der Waals surface area (Å²) in [6.07, 6.45) is -0.607. The van der Waals surface area contributed by atoms with Crippen LogP contribution in [0.15, 0.2) is 18.2 Å². The van der Waals surface area contributed by atoms with Crippen LogP contribution < -0.4 is 4.90 Å². The van der Waals surface area contributed by atoms with Gasteiger partial charge in [0.1, 0.15) is 5.25 Å². The van der Waals surface area contributed by atoms with Crippen LogP contribution in [-0.2, 0) is 15.0 Å². The molecule has 0 saturated carbocycles. The zero-order valence-electron chi connectivity index (χ0n) is 10.8. The van der Waals surface area contributed by atoms with Gasteiger partial charge in [0, 0.05) is 25.1 Å². The molecule has 1 amide bonds. The number of carboxylic acid groups (broad SMARTS) is 1. The van der Waals surface area contributed by atoms with Gasteiger partial charge in [-0.15, -0.1) is 3.89 Å². The summed E-state index contributed by atoms with van der Waals surface area (Å²) < 4.78 is 34.7. The van der Waals surface area contributed by atoms with Gasteiger partial charge >= 0.3 is 16.2 Å². The molecule has 9 nitrogen and oxygen atoms in total. The van der Waals surface area contributed by atoms with Gasteiger partial charge in [-0.2, -0.15) is 8.42 Å². The Labute approximate surface area is 123 Å². The molecule has 1 saturated heterocycles. The predicted octanol–water partition coefficient (Wildman–Crippen LogP) is 0.698. The van der Waals surface area contributed by atoms with Gasteiger partial charge in [0.25, 0.3) is 5.69 Å². The van der Waals surface area contributed by atoms with Gasteiger partial charge < -0.3 is 10.0 Å². The average Bonchev–Trinajstić information content (AvgIpc) is 2.80. The monoisotopic (exact) mass is 332 g/mol. The summed E-state index contributed by atoms with van der Waals surface area (Å²) >= 11 is 0. The first-order valence-corrected chi connectivity index (χ1v) is 7.31. The number of nitro groups is 1. The maximum Gasteiger partial charge on any atom is 0.336 e. The standard InChI is InChI=1S/C11H9FN2O7S/c12-22(20,21)9-4-10(15)13(5-9)7-1-6(11(16)17)2-8(3-7)14(18)19/h1-3,9H,4-5H2,(H,16,17). The molecule has 0 aliphatic carbocycles. The maximum atomic E-state index is 13.0. The minimum atomic E-state index is -4.94. The number of nitrogens with zero attached hydrogens (tertiary/aromatic N) is 2. The molecule has 0 bridgehead atoms. The van der Waals surface area contributed by atoms with E-state index in [-0.39, 0.29) is 5.69 Å². The molecular formula is C11H9FN2O7S. The summed E-state index contributed by atoms with van der Waals surface area (Å²) in [5.74, 6) is -2.21. The van der Waals surface area contributed by atoms with Gasteiger partial charge in [-0.1, -0.05) is 0 Å². The minimum Gasteiger partial charge on any atom is -0.478 e. The van der Waals surface area contributed by atoms with Crippen LogP contribution >= 0.6 is 0 Å². The van der Waals surface area contributed by atoms with Crippen molar-refractivity contribution in [3.8, 4) is 0 Å². The molecule has 0 aromatic heterocycles. The van der Waals surface area contributed by atoms with Crippen LogP contribution in [0.1, 0.15) is 16.8 Å². The van der Waals surface area contributed by atoms with Crippen molar-refractivity contribution < 1.29 is 31.9 Å². The Bertz CT molecular complexity index is 744. The number of anilines is 1. The van der Waals surface area contributed by atoms with E-state index >= 15 is 0 Å². The van der Waals surface area contributed by atoms with E-state index in [0.29, 0.717) is 0 Å². The van der Waals surface area contributed by atoms with Crippen LogP contribution in [0.5, 0.6) is 0 Å². The molecule has 1 N–H and O–H groups in total. The summed E-state index contributed by atoms with van der Waals surface area (Å²) in [4.78, 5) is 33.5. The van der Waals surface area contributed by atoms with Crippen molar-refractivity contribution in [1.29, 1.82) is 0 Å². The third-order valence-corrected chi connectivity index (χ3v) is 4.27. The van der Waals surface area contributed by atoms with Crippen LogP contribution in [0.4, 0.5) is 15.3 Å². The number of carbonyl (C=O) groups is 2. The number of hydrogen-bond donors (Lipinski definition) is 1. The van der Waals surface area contributed by atoms with Crippen LogP contribution in [0.25, 0.3) is 0 Å². The van der Waals surface area contributed by atoms with Crippen LogP contribution in [0.2, 0.25) is 0 Å². The largest absolute Gasteiger partial charge is 0.478 e. The molecule has 11 heteroatoms. The first-order chi connectivity index (χ1) is 10.1. The SMILES string of the molecule is O=C(O)c1cc(N2CC(S(=O)(=O)F)CC2=O)cc([N+](=O)[O-])c1. The zero-order chi connectivity index (χ0) is 16.7. The summed E-state index contributed by atoms with van der Waals surface area (Å²) in [6.45, 7) is -0.530. The molecule has 1 aromatic carbocycles. The summed E-state index contributed by atoms with van der Waals surface area (Å²) in [6, 6.07) is 2.72. The molecule has 22 heavy (non-hydrogen) atoms. The van der Waals surface area contributed by atoms with Gasteiger partial charge in [-0.25, -0.2) is 4.79 Å². The highest BCUT2D eigenvalue weighted by molar-refractivity contribution is 7.87. The van der Waals surface area contributed by atoms with Crippen molar-refractivity contribution in [3.05, 3.63) is 33.9 Å². The number of hydrogen-bond acceptors (Lipinski definition) is 6. The van der Waals surface area contributed by atoms with E-state index in [1.165, 1.54) is 0 Å². The summed E-state index contributed by atoms with van der Waals surface area (Å²) in [7, 11) is -4.94. The van der Waals surface area contributed by atoms with Gasteiger partial charge in [0.15, 0.2) is 0 Å². The second-order valence-corrected chi connectivity index (χ2v) is 6.22. The molecule has 1 aliphatic heterocycles. The van der Waals surface area contributed by atoms with E-state index in [0.717, 1.165) is 23.1 Å². The number of carbonyl (C=O) groups excluding carboxylic acids is 1. The normalized spacial score (nSPS) is 18.5. The van der Waals surface area contributed by atoms with Crippen molar-refractivity contribution >= 4 is 33.5 Å². The van der Waals surface area contributed by atoms with E-state index in [4.69, 9.17) is 5.11 Å². The fourth-order valence-corrected chi connectivity index (χ4v) is 2.76. The first-order valence-electron chi connectivity index (χ1n) is 5.86. The molecule has 1 aromatic rings. The Morgan fingerprint density at radius 3 is 2.50 bits per heavy atom. The van der Waals surface area contributed by atoms with Gasteiger partial charge in [0.05, 0.1) is 16.2 Å². The number of halogens is 1. The molecule has 1 atom stereocenters. The van der Waals surface area contributed by atoms with Crippen LogP contribution in [0.3, 0.4) is 0 Å². The average molecular weight is 332 g/mol. The van der Waals surface area contributed by atoms with Crippen molar-refractivity contribution in [1.82, 2.24) is 0 Å². The zero-order valence-corrected chi connectivity index (χ0v) is 11.6. The minimum absolute atomic E-state index is 0.164. The first kappa shape index (κ1) is 15.8. The predicted molar refractivity (Wildman–Crippen MR) is 70.8 cm³/mol. The number of carboxylic acids is 1. The lowest BCUT2D eigenvalue weighted by molar-refractivity contribution is -0.384. The number of aromatic carboxylic acids is 1. The van der Waals surface area contributed by atoms with Gasteiger partial charge in [0.2, 0.25) is 5.91 Å². The third kappa shape index (κ3) is 3.03. The molecule has 0 spiro atoms. The van der Waals surface area contributed by atoms with Gasteiger partial charge in [-0.05, 0) is 6.07 Å². The molecule has 1 fully saturated rings. The number of nitro benzene ring substituents is 1. The maximum absolute atomic E-state index is 13.0. The molecule has 1 unspecified atom stereocenters. The Kier molecular flexibility index (Phi) is 3.83. The van der Waals surface area contributed by atoms with Crippen LogP contribution in [-0.4, -0.2) is 42.1 Å². The Balaban J connectivity index is 2.46. The number of non-ortho nitro benzene ring substituents is 1. The highest BCUT2D eigenvalue weighted by Crippen LogP contribution is 2.29. The van der Waals surface area contributed by atoms with Crippen LogP contribution in [0, 0.1) is 10.1 Å². The second kappa shape index (κ2) is 5.33. The molecular weight excluding hydrogens is 323 g/mol. The van der Waals surface area contributed by atoms with Crippen molar-refractivity contribution in [2.24, 2.45) is 0 Å². The van der Waals surface area contributed by atoms with Gasteiger partial charge in [-0.3, -0.25) is 14.9 Å². The molecule has 1 heterocycles. The lowest BCUT2D eigenvalue weighted by Gasteiger charge is -2.16. The fourth-order valence-electron chi connectivity index (χ4n) is 2.09. The molecule has 1 aliphatic rings. The molecule has 2 rings (SSSR count). The Morgan fingerprint density at radius 2 is 2.05 bits per heavy atom. The van der Waals surface area contributed by atoms with Crippen molar-refractivity contribution in [3.63, 3.8) is 0 Å². The Morgan fingerprint density at radius 1 is 1.41 bits per heavy atom. The van der Waals surface area contributed by atoms with E-state index in [9.17, 15) is 32.0 Å². The molecule has 0 radical (unpaired) electrons. The number of rotatable bonds is 4. The lowest BCUT2D eigenvalue weighted by atomic mass is 10.1. The van der Waals surface area contributed by atoms with E-state index in [1.54, 1.807) is 0 Å². The van der Waals surface area contributed by atoms with E-state index in [2.05, 4.69) is 0 Å². The van der Waals surface area contributed by atoms with E-state index < -0.39 is 56.5 Å². The number of amides is 1. The summed E-state index contributed by atoms with van der Waals surface area (Å²) in [5.41, 5.74) is -1.18. The molecule has 118 valence electrons. The topological polar surface area (TPSA) is 135 Å². The summed E-state index contributed by atoms with van der Waals surface area (Å²) in [5, 5.41) is 18.1. The number of benzene rings is 1. The third-order valence-electron chi connectivity index (χ3n) is 3.16. The van der Waals surface area contributed by atoms with Crippen molar-refractivity contribution in [2.75, 3.05) is 11.4 Å². The van der Waals surface area contributed by atoms with Crippen molar-refractivity contribution in [2.45, 2.75) is 11.7 Å². The second-order valence-electron chi connectivity index (χ2n) is 4.61. The Hall–Kier alpha value is -2.56. The van der Waals surface area contributed by atoms with E-state index in [1.807, 2.05) is 0 Å². The lowest BCUT2D eigenvalue weighted by Crippen LogP contribution is -2.27. The highest BCUT2D eigenvalue weighted by Gasteiger charge is 2.39. The fraction of sp³-hybridized carbons (Fsp3) is 0.273. The highest BCUT2D eigenvalue weighted by atomic mass is 32.3. The quantitative estimate of drug-likeness (QED) is 0.487. The smallest absolute Gasteiger partial charge is 0.336 e.